The van der Waals surface area contributed by atoms with Crippen LogP contribution in [-0.2, 0) is 11.3 Å². The van der Waals surface area contributed by atoms with Gasteiger partial charge in [-0.05, 0) is 30.7 Å². The smallest absolute Gasteiger partial charge is 0.217 e. The molecule has 0 aliphatic heterocycles. The minimum Gasteiger partial charge on any atom is -0.370 e. The Labute approximate surface area is 98.2 Å². The molecule has 0 atom stereocenters. The number of nitrogens with one attached hydrogen (secondary N) is 1. The Bertz CT molecular complexity index is 311. The molecule has 3 N–H and O–H groups in total. The summed E-state index contributed by atoms with van der Waals surface area (Å²) in [6, 6.07) is 8.15. The van der Waals surface area contributed by atoms with Crippen molar-refractivity contribution in [2.75, 3.05) is 6.54 Å². The summed E-state index contributed by atoms with van der Waals surface area (Å²) in [5, 5.41) is 3.25. The fourth-order valence-corrected chi connectivity index (χ4v) is 1.49. The van der Waals surface area contributed by atoms with Crippen LogP contribution < -0.4 is 11.1 Å². The molecule has 15 heavy (non-hydrogen) atoms. The molecule has 0 unspecified atom stereocenters. The van der Waals surface area contributed by atoms with Crippen molar-refractivity contribution in [3.8, 4) is 0 Å². The summed E-state index contributed by atoms with van der Waals surface area (Å²) in [7, 11) is 0. The Morgan fingerprint density at radius 2 is 2.00 bits per heavy atom. The van der Waals surface area contributed by atoms with Crippen LogP contribution in [0, 0.1) is 0 Å². The van der Waals surface area contributed by atoms with E-state index in [1.807, 2.05) is 12.1 Å². The van der Waals surface area contributed by atoms with Gasteiger partial charge in [0.15, 0.2) is 0 Å². The highest BCUT2D eigenvalue weighted by Crippen LogP contribution is 2.10. The molecule has 0 aliphatic rings. The molecule has 0 fully saturated rings. The van der Waals surface area contributed by atoms with Gasteiger partial charge in [-0.2, -0.15) is 0 Å². The molecule has 3 nitrogen and oxygen atoms in total. The molecule has 1 amide bonds. The van der Waals surface area contributed by atoms with Gasteiger partial charge in [0.25, 0.3) is 0 Å². The van der Waals surface area contributed by atoms with E-state index in [1.165, 1.54) is 5.56 Å². The monoisotopic (exact) mass is 270 g/mol. The average Bonchev–Trinajstić information content (AvgIpc) is 2.20. The van der Waals surface area contributed by atoms with Gasteiger partial charge in [-0.1, -0.05) is 28.1 Å². The van der Waals surface area contributed by atoms with Crippen molar-refractivity contribution in [3.05, 3.63) is 34.3 Å². The Balaban J connectivity index is 2.15. The van der Waals surface area contributed by atoms with Gasteiger partial charge in [0, 0.05) is 17.4 Å². The summed E-state index contributed by atoms with van der Waals surface area (Å²) in [5.74, 6) is -0.236. The number of halogens is 1. The molecule has 0 heterocycles. The second-order valence-electron chi connectivity index (χ2n) is 3.37. The van der Waals surface area contributed by atoms with Crippen LogP contribution in [0.25, 0.3) is 0 Å². The molecule has 1 aromatic rings. The van der Waals surface area contributed by atoms with E-state index in [0.29, 0.717) is 6.42 Å². The Kier molecular flexibility index (Phi) is 5.36. The van der Waals surface area contributed by atoms with Crippen molar-refractivity contribution in [1.29, 1.82) is 0 Å². The standard InChI is InChI=1S/C11H15BrN2O/c12-10-5-3-9(4-6-10)8-14-7-1-2-11(13)15/h3-6,14H,1-2,7-8H2,(H2,13,15). The van der Waals surface area contributed by atoms with Crippen molar-refractivity contribution in [2.24, 2.45) is 5.73 Å². The second-order valence-corrected chi connectivity index (χ2v) is 4.29. The zero-order valence-electron chi connectivity index (χ0n) is 8.50. The van der Waals surface area contributed by atoms with Gasteiger partial charge in [0.2, 0.25) is 5.91 Å². The number of benzene rings is 1. The van der Waals surface area contributed by atoms with Crippen molar-refractivity contribution >= 4 is 21.8 Å². The summed E-state index contributed by atoms with van der Waals surface area (Å²) in [6.45, 7) is 1.64. The van der Waals surface area contributed by atoms with Crippen LogP contribution >= 0.6 is 15.9 Å². The number of primary amides is 1. The van der Waals surface area contributed by atoms with Crippen LogP contribution in [0.5, 0.6) is 0 Å². The third-order valence-corrected chi connectivity index (χ3v) is 2.55. The molecule has 0 bridgehead atoms. The van der Waals surface area contributed by atoms with Crippen molar-refractivity contribution in [2.45, 2.75) is 19.4 Å². The molecule has 0 radical (unpaired) electrons. The number of amides is 1. The fraction of sp³-hybridized carbons (Fsp3) is 0.364. The lowest BCUT2D eigenvalue weighted by Gasteiger charge is -2.03. The molecule has 1 aromatic carbocycles. The van der Waals surface area contributed by atoms with Crippen LogP contribution in [-0.4, -0.2) is 12.5 Å². The van der Waals surface area contributed by atoms with Gasteiger partial charge >= 0.3 is 0 Å². The number of rotatable bonds is 6. The van der Waals surface area contributed by atoms with E-state index in [9.17, 15) is 4.79 Å². The third-order valence-electron chi connectivity index (χ3n) is 2.02. The summed E-state index contributed by atoms with van der Waals surface area (Å²) in [5.41, 5.74) is 6.26. The predicted molar refractivity (Wildman–Crippen MR) is 64.3 cm³/mol. The highest BCUT2D eigenvalue weighted by atomic mass is 79.9. The van der Waals surface area contributed by atoms with E-state index < -0.39 is 0 Å². The van der Waals surface area contributed by atoms with Crippen molar-refractivity contribution < 1.29 is 4.79 Å². The molecule has 0 saturated carbocycles. The van der Waals surface area contributed by atoms with Crippen LogP contribution in [0.3, 0.4) is 0 Å². The minimum atomic E-state index is -0.236. The number of hydrogen-bond donors (Lipinski definition) is 2. The minimum absolute atomic E-state index is 0.236. The van der Waals surface area contributed by atoms with E-state index in [-0.39, 0.29) is 5.91 Å². The Morgan fingerprint density at radius 3 is 2.60 bits per heavy atom. The van der Waals surface area contributed by atoms with E-state index in [4.69, 9.17) is 5.73 Å². The molecule has 1 rings (SSSR count). The molecule has 82 valence electrons. The van der Waals surface area contributed by atoms with Gasteiger partial charge in [-0.15, -0.1) is 0 Å². The predicted octanol–water partition coefficient (Wildman–Crippen LogP) is 1.80. The van der Waals surface area contributed by atoms with Gasteiger partial charge in [0.1, 0.15) is 0 Å². The second kappa shape index (κ2) is 6.58. The zero-order valence-corrected chi connectivity index (χ0v) is 10.1. The third kappa shape index (κ3) is 5.54. The molecular weight excluding hydrogens is 256 g/mol. The number of carbonyl (C=O) groups is 1. The Morgan fingerprint density at radius 1 is 1.33 bits per heavy atom. The van der Waals surface area contributed by atoms with Gasteiger partial charge in [0.05, 0.1) is 0 Å². The maximum atomic E-state index is 10.5. The van der Waals surface area contributed by atoms with E-state index in [1.54, 1.807) is 0 Å². The van der Waals surface area contributed by atoms with Gasteiger partial charge < -0.3 is 11.1 Å². The lowest BCUT2D eigenvalue weighted by Crippen LogP contribution is -2.18. The van der Waals surface area contributed by atoms with Gasteiger partial charge in [-0.25, -0.2) is 0 Å². The van der Waals surface area contributed by atoms with Crippen molar-refractivity contribution in [3.63, 3.8) is 0 Å². The number of nitrogens with two attached hydrogens (primary N) is 1. The highest BCUT2D eigenvalue weighted by molar-refractivity contribution is 9.10. The van der Waals surface area contributed by atoms with Crippen LogP contribution in [0.4, 0.5) is 0 Å². The first kappa shape index (κ1) is 12.2. The molecule has 0 saturated heterocycles. The molecule has 0 aliphatic carbocycles. The normalized spacial score (nSPS) is 10.2. The summed E-state index contributed by atoms with van der Waals surface area (Å²) in [4.78, 5) is 10.5. The average molecular weight is 271 g/mol. The van der Waals surface area contributed by atoms with Crippen LogP contribution in [0.1, 0.15) is 18.4 Å². The van der Waals surface area contributed by atoms with Gasteiger partial charge in [-0.3, -0.25) is 4.79 Å². The quantitative estimate of drug-likeness (QED) is 0.775. The number of carbonyl (C=O) groups excluding carboxylic acids is 1. The summed E-state index contributed by atoms with van der Waals surface area (Å²) < 4.78 is 1.08. The maximum absolute atomic E-state index is 10.5. The molecule has 0 aromatic heterocycles. The van der Waals surface area contributed by atoms with Crippen LogP contribution in [0.15, 0.2) is 28.7 Å². The van der Waals surface area contributed by atoms with Crippen molar-refractivity contribution in [1.82, 2.24) is 5.32 Å². The lowest BCUT2D eigenvalue weighted by molar-refractivity contribution is -0.118. The Hall–Kier alpha value is -0.870. The first-order valence-corrected chi connectivity index (χ1v) is 5.71. The van der Waals surface area contributed by atoms with Crippen LogP contribution in [0.2, 0.25) is 0 Å². The van der Waals surface area contributed by atoms with E-state index in [0.717, 1.165) is 24.0 Å². The molecule has 4 heteroatoms. The largest absolute Gasteiger partial charge is 0.370 e. The first-order valence-electron chi connectivity index (χ1n) is 4.92. The highest BCUT2D eigenvalue weighted by Gasteiger charge is 1.95. The number of hydrogen-bond acceptors (Lipinski definition) is 2. The summed E-state index contributed by atoms with van der Waals surface area (Å²) in [6.07, 6.45) is 1.25. The zero-order chi connectivity index (χ0) is 11.1. The molecular formula is C11H15BrN2O. The van der Waals surface area contributed by atoms with E-state index >= 15 is 0 Å². The molecule has 0 spiro atoms. The lowest BCUT2D eigenvalue weighted by atomic mass is 10.2. The maximum Gasteiger partial charge on any atom is 0.217 e. The topological polar surface area (TPSA) is 55.1 Å². The fourth-order valence-electron chi connectivity index (χ4n) is 1.22. The van der Waals surface area contributed by atoms with E-state index in [2.05, 4.69) is 33.4 Å². The first-order chi connectivity index (χ1) is 7.18. The summed E-state index contributed by atoms with van der Waals surface area (Å²) >= 11 is 3.38. The SMILES string of the molecule is NC(=O)CCCNCc1ccc(Br)cc1.